The van der Waals surface area contributed by atoms with E-state index in [1.54, 1.807) is 7.05 Å². The fraction of sp³-hybridized carbons (Fsp3) is 0.556. The maximum Gasteiger partial charge on any atom is 0.221 e. The van der Waals surface area contributed by atoms with E-state index in [1.165, 1.54) is 17.7 Å². The van der Waals surface area contributed by atoms with E-state index in [2.05, 4.69) is 45.2 Å². The highest BCUT2D eigenvalue weighted by Crippen LogP contribution is 2.51. The van der Waals surface area contributed by atoms with Crippen LogP contribution < -0.4 is 16.0 Å². The number of hydrogen-bond acceptors (Lipinski definition) is 3. The Bertz CT molecular complexity index is 543. The van der Waals surface area contributed by atoms with Crippen molar-refractivity contribution >= 4 is 23.6 Å². The molecule has 2 rings (SSSR count). The highest BCUT2D eigenvalue weighted by atomic mass is 32.2. The number of thioether (sulfide) groups is 1. The van der Waals surface area contributed by atoms with E-state index < -0.39 is 0 Å². The lowest BCUT2D eigenvalue weighted by Crippen LogP contribution is -2.42. The number of aliphatic imine (C=N–C) groups is 1. The molecule has 0 spiro atoms. The van der Waals surface area contributed by atoms with Gasteiger partial charge in [-0.3, -0.25) is 9.79 Å². The number of benzene rings is 1. The van der Waals surface area contributed by atoms with Gasteiger partial charge in [0, 0.05) is 42.7 Å². The normalized spacial score (nSPS) is 15.7. The van der Waals surface area contributed by atoms with Crippen LogP contribution >= 0.6 is 11.8 Å². The van der Waals surface area contributed by atoms with Crippen LogP contribution in [0, 0.1) is 0 Å². The van der Waals surface area contributed by atoms with Crippen molar-refractivity contribution in [2.24, 2.45) is 4.99 Å². The number of hydrogen-bond donors (Lipinski definition) is 3. The minimum absolute atomic E-state index is 0.0816. The van der Waals surface area contributed by atoms with Crippen LogP contribution in [0.25, 0.3) is 0 Å². The lowest BCUT2D eigenvalue weighted by atomic mass is 10.3. The molecule has 1 aromatic carbocycles. The summed E-state index contributed by atoms with van der Waals surface area (Å²) in [5.41, 5.74) is 0. The molecule has 6 heteroatoms. The minimum Gasteiger partial charge on any atom is -0.356 e. The fourth-order valence-electron chi connectivity index (χ4n) is 2.31. The molecule has 0 saturated heterocycles. The van der Waals surface area contributed by atoms with E-state index in [0.717, 1.165) is 25.5 Å². The molecule has 24 heavy (non-hydrogen) atoms. The van der Waals surface area contributed by atoms with Gasteiger partial charge >= 0.3 is 0 Å². The number of nitrogens with zero attached hydrogens (tertiary/aromatic N) is 1. The molecule has 0 heterocycles. The first kappa shape index (κ1) is 18.6. The molecule has 1 aliphatic carbocycles. The molecule has 1 fully saturated rings. The molecule has 132 valence electrons. The lowest BCUT2D eigenvalue weighted by molar-refractivity contribution is -0.120. The van der Waals surface area contributed by atoms with Gasteiger partial charge in [-0.25, -0.2) is 0 Å². The Morgan fingerprint density at radius 2 is 1.92 bits per heavy atom. The molecule has 0 aliphatic heterocycles. The predicted molar refractivity (Wildman–Crippen MR) is 102 cm³/mol. The van der Waals surface area contributed by atoms with Gasteiger partial charge in [0.2, 0.25) is 5.91 Å². The summed E-state index contributed by atoms with van der Waals surface area (Å²) in [5.74, 6) is 0.844. The van der Waals surface area contributed by atoms with Crippen LogP contribution in [-0.2, 0) is 4.79 Å². The summed E-state index contributed by atoms with van der Waals surface area (Å²) in [4.78, 5) is 17.1. The highest BCUT2D eigenvalue weighted by Gasteiger charge is 2.43. The molecule has 0 radical (unpaired) electrons. The molecular weight excluding hydrogens is 320 g/mol. The molecular formula is C18H28N4OS. The van der Waals surface area contributed by atoms with Gasteiger partial charge in [0.1, 0.15) is 0 Å². The molecule has 1 aromatic rings. The van der Waals surface area contributed by atoms with Crippen molar-refractivity contribution in [3.63, 3.8) is 0 Å². The van der Waals surface area contributed by atoms with Crippen molar-refractivity contribution in [3.8, 4) is 0 Å². The van der Waals surface area contributed by atoms with Gasteiger partial charge in [0.15, 0.2) is 5.96 Å². The van der Waals surface area contributed by atoms with Gasteiger partial charge in [-0.05, 0) is 31.4 Å². The van der Waals surface area contributed by atoms with Crippen LogP contribution in [0.15, 0.2) is 40.2 Å². The summed E-state index contributed by atoms with van der Waals surface area (Å²) in [7, 11) is 1.76. The number of rotatable bonds is 9. The summed E-state index contributed by atoms with van der Waals surface area (Å²) in [6.07, 6.45) is 3.86. The fourth-order valence-corrected chi connectivity index (χ4v) is 3.55. The highest BCUT2D eigenvalue weighted by molar-refractivity contribution is 8.01. The first-order valence-electron chi connectivity index (χ1n) is 8.63. The van der Waals surface area contributed by atoms with Crippen molar-refractivity contribution in [2.45, 2.75) is 42.2 Å². The Labute approximate surface area is 149 Å². The first-order chi connectivity index (χ1) is 11.7. The number of nitrogens with one attached hydrogen (secondary N) is 3. The van der Waals surface area contributed by atoms with Crippen molar-refractivity contribution < 1.29 is 4.79 Å². The average Bonchev–Trinajstić information content (AvgIpc) is 3.36. The van der Waals surface area contributed by atoms with Crippen LogP contribution in [0.3, 0.4) is 0 Å². The van der Waals surface area contributed by atoms with Crippen LogP contribution in [0.4, 0.5) is 0 Å². The molecule has 0 unspecified atom stereocenters. The Hall–Kier alpha value is -1.69. The van der Waals surface area contributed by atoms with Gasteiger partial charge in [0.05, 0.1) is 0 Å². The monoisotopic (exact) mass is 348 g/mol. The second-order valence-electron chi connectivity index (χ2n) is 6.05. The Morgan fingerprint density at radius 1 is 1.17 bits per heavy atom. The van der Waals surface area contributed by atoms with E-state index in [4.69, 9.17) is 0 Å². The molecule has 1 amide bonds. The van der Waals surface area contributed by atoms with E-state index >= 15 is 0 Å². The van der Waals surface area contributed by atoms with Crippen molar-refractivity contribution in [3.05, 3.63) is 30.3 Å². The Morgan fingerprint density at radius 3 is 2.54 bits per heavy atom. The van der Waals surface area contributed by atoms with Gasteiger partial charge in [-0.1, -0.05) is 25.1 Å². The molecule has 0 bridgehead atoms. The zero-order valence-electron chi connectivity index (χ0n) is 14.6. The van der Waals surface area contributed by atoms with E-state index in [1.807, 2.05) is 24.8 Å². The molecule has 3 N–H and O–H groups in total. The number of guanidine groups is 1. The third kappa shape index (κ3) is 6.43. The van der Waals surface area contributed by atoms with E-state index in [0.29, 0.717) is 13.0 Å². The first-order valence-corrected chi connectivity index (χ1v) is 9.44. The molecule has 1 saturated carbocycles. The van der Waals surface area contributed by atoms with E-state index in [9.17, 15) is 4.79 Å². The molecule has 0 atom stereocenters. The SMILES string of the molecule is CCCNC(=O)CCNC(=NC)NCC1(Sc2ccccc2)CC1. The minimum atomic E-state index is 0.0816. The third-order valence-corrected chi connectivity index (χ3v) is 5.40. The number of carbonyl (C=O) groups is 1. The van der Waals surface area contributed by atoms with Crippen molar-refractivity contribution in [2.75, 3.05) is 26.7 Å². The van der Waals surface area contributed by atoms with Gasteiger partial charge in [0.25, 0.3) is 0 Å². The third-order valence-electron chi connectivity index (χ3n) is 3.90. The maximum absolute atomic E-state index is 11.6. The molecule has 5 nitrogen and oxygen atoms in total. The van der Waals surface area contributed by atoms with Crippen molar-refractivity contribution in [1.29, 1.82) is 0 Å². The van der Waals surface area contributed by atoms with Gasteiger partial charge < -0.3 is 16.0 Å². The topological polar surface area (TPSA) is 65.5 Å². The average molecular weight is 349 g/mol. The summed E-state index contributed by atoms with van der Waals surface area (Å²) in [5, 5.41) is 9.48. The summed E-state index contributed by atoms with van der Waals surface area (Å²) in [6, 6.07) is 10.5. The number of amides is 1. The van der Waals surface area contributed by atoms with Crippen LogP contribution in [0.2, 0.25) is 0 Å². The summed E-state index contributed by atoms with van der Waals surface area (Å²) >= 11 is 1.94. The molecule has 0 aromatic heterocycles. The van der Waals surface area contributed by atoms with Crippen LogP contribution in [0.5, 0.6) is 0 Å². The zero-order chi connectivity index (χ0) is 17.3. The zero-order valence-corrected chi connectivity index (χ0v) is 15.4. The Kier molecular flexibility index (Phi) is 7.43. The van der Waals surface area contributed by atoms with Crippen LogP contribution in [0.1, 0.15) is 32.6 Å². The standard InChI is InChI=1S/C18H28N4OS/c1-3-12-20-16(23)9-13-21-17(19-2)22-14-18(10-11-18)24-15-7-5-4-6-8-15/h4-8H,3,9-14H2,1-2H3,(H,20,23)(H2,19,21,22). The molecule has 1 aliphatic rings. The van der Waals surface area contributed by atoms with E-state index in [-0.39, 0.29) is 10.7 Å². The second-order valence-corrected chi connectivity index (χ2v) is 7.59. The quantitative estimate of drug-likeness (QED) is 0.474. The van der Waals surface area contributed by atoms with Crippen molar-refractivity contribution in [1.82, 2.24) is 16.0 Å². The second kappa shape index (κ2) is 9.57. The lowest BCUT2D eigenvalue weighted by Gasteiger charge is -2.18. The predicted octanol–water partition coefficient (Wildman–Crippen LogP) is 2.39. The number of carbonyl (C=O) groups excluding carboxylic acids is 1. The smallest absolute Gasteiger partial charge is 0.221 e. The summed E-state index contributed by atoms with van der Waals surface area (Å²) < 4.78 is 0.275. The summed E-state index contributed by atoms with van der Waals surface area (Å²) in [6.45, 7) is 4.26. The van der Waals surface area contributed by atoms with Gasteiger partial charge in [-0.2, -0.15) is 0 Å². The Balaban J connectivity index is 1.69. The largest absolute Gasteiger partial charge is 0.356 e. The maximum atomic E-state index is 11.6. The van der Waals surface area contributed by atoms with Crippen LogP contribution in [-0.4, -0.2) is 43.3 Å². The van der Waals surface area contributed by atoms with Gasteiger partial charge in [-0.15, -0.1) is 11.8 Å².